The molecule has 0 radical (unpaired) electrons. The number of rotatable bonds is 8. The lowest BCUT2D eigenvalue weighted by molar-refractivity contribution is 0.614. The Bertz CT molecular complexity index is 2480. The fourth-order valence-electron chi connectivity index (χ4n) is 7.50. The van der Waals surface area contributed by atoms with E-state index < -0.39 is 5.41 Å². The molecule has 0 amide bonds. The largest absolute Gasteiger partial charge is 0.278 e. The van der Waals surface area contributed by atoms with Gasteiger partial charge in [0.15, 0.2) is 11.6 Å². The maximum Gasteiger partial charge on any atom is 0.238 e. The molecule has 9 aromatic rings. The molecule has 0 unspecified atom stereocenters. The predicted octanol–water partition coefficient (Wildman–Crippen LogP) is 10.9. The van der Waals surface area contributed by atoms with Gasteiger partial charge in [-0.3, -0.25) is 4.57 Å². The van der Waals surface area contributed by atoms with Crippen molar-refractivity contribution in [2.75, 3.05) is 0 Å². The van der Waals surface area contributed by atoms with Gasteiger partial charge in [0.25, 0.3) is 0 Å². The summed E-state index contributed by atoms with van der Waals surface area (Å²) in [5, 5.41) is 2.29. The van der Waals surface area contributed by atoms with Gasteiger partial charge in [0.2, 0.25) is 5.95 Å². The highest BCUT2D eigenvalue weighted by Gasteiger charge is 2.37. The van der Waals surface area contributed by atoms with Crippen molar-refractivity contribution in [1.82, 2.24) is 19.5 Å². The van der Waals surface area contributed by atoms with Gasteiger partial charge in [-0.1, -0.05) is 176 Å². The summed E-state index contributed by atoms with van der Waals surface area (Å²) in [6.07, 6.45) is 0.806. The van der Waals surface area contributed by atoms with Crippen molar-refractivity contribution in [3.8, 4) is 28.7 Å². The van der Waals surface area contributed by atoms with Crippen LogP contribution in [0.15, 0.2) is 194 Å². The molecule has 0 spiro atoms. The maximum atomic E-state index is 5.13. The van der Waals surface area contributed by atoms with E-state index in [9.17, 15) is 0 Å². The second-order valence-electron chi connectivity index (χ2n) is 12.9. The molecule has 0 atom stereocenters. The van der Waals surface area contributed by atoms with Gasteiger partial charge >= 0.3 is 0 Å². The Balaban J connectivity index is 1.32. The molecule has 0 aliphatic rings. The van der Waals surface area contributed by atoms with Crippen molar-refractivity contribution in [3.05, 3.63) is 216 Å². The van der Waals surface area contributed by atoms with Crippen LogP contribution in [0.3, 0.4) is 0 Å². The van der Waals surface area contributed by atoms with Crippen LogP contribution in [0, 0.1) is 0 Å². The predicted molar refractivity (Wildman–Crippen MR) is 208 cm³/mol. The number of nitrogens with zero attached hydrogens (tertiary/aromatic N) is 4. The molecule has 51 heavy (non-hydrogen) atoms. The third kappa shape index (κ3) is 5.48. The van der Waals surface area contributed by atoms with Crippen molar-refractivity contribution < 1.29 is 0 Å². The second kappa shape index (κ2) is 13.0. The number of hydrogen-bond donors (Lipinski definition) is 0. The second-order valence-corrected chi connectivity index (χ2v) is 12.9. The van der Waals surface area contributed by atoms with Crippen LogP contribution in [-0.4, -0.2) is 19.5 Å². The average molecular weight is 655 g/mol. The van der Waals surface area contributed by atoms with E-state index in [1.165, 1.54) is 22.3 Å². The Hall–Kier alpha value is -6.65. The Kier molecular flexibility index (Phi) is 7.75. The molecule has 242 valence electrons. The lowest BCUT2D eigenvalue weighted by Crippen LogP contribution is -2.32. The van der Waals surface area contributed by atoms with Crippen LogP contribution in [0.5, 0.6) is 0 Å². The molecule has 0 aliphatic carbocycles. The smallest absolute Gasteiger partial charge is 0.238 e. The molecule has 0 fully saturated rings. The summed E-state index contributed by atoms with van der Waals surface area (Å²) < 4.78 is 2.19. The van der Waals surface area contributed by atoms with Gasteiger partial charge in [0, 0.05) is 27.3 Å². The number of aromatic nitrogens is 4. The molecule has 4 heteroatoms. The fraction of sp³-hybridized carbons (Fsp3) is 0.0426. The van der Waals surface area contributed by atoms with Gasteiger partial charge in [0.1, 0.15) is 0 Å². The van der Waals surface area contributed by atoms with Crippen molar-refractivity contribution >= 4 is 21.8 Å². The van der Waals surface area contributed by atoms with Crippen LogP contribution in [0.2, 0.25) is 0 Å². The number of benzene rings is 7. The first-order valence-corrected chi connectivity index (χ1v) is 17.3. The molecular weight excluding hydrogens is 621 g/mol. The van der Waals surface area contributed by atoms with Gasteiger partial charge < -0.3 is 0 Å². The number of hydrogen-bond acceptors (Lipinski definition) is 3. The lowest BCUT2D eigenvalue weighted by Gasteiger charge is -2.36. The molecular formula is C47H34N4. The molecule has 4 nitrogen and oxygen atoms in total. The quantitative estimate of drug-likeness (QED) is 0.153. The van der Waals surface area contributed by atoms with E-state index in [2.05, 4.69) is 138 Å². The van der Waals surface area contributed by atoms with Gasteiger partial charge in [0.05, 0.1) is 11.0 Å². The zero-order chi connectivity index (χ0) is 34.0. The summed E-state index contributed by atoms with van der Waals surface area (Å²) in [5.41, 5.74) is 8.53. The Labute approximate surface area is 297 Å². The highest BCUT2D eigenvalue weighted by molar-refractivity contribution is 6.09. The first kappa shape index (κ1) is 30.4. The molecule has 0 aliphatic heterocycles. The van der Waals surface area contributed by atoms with Gasteiger partial charge in [-0.25, -0.2) is 4.98 Å². The molecule has 2 heterocycles. The number of fused-ring (bicyclic) bond motifs is 3. The monoisotopic (exact) mass is 654 g/mol. The number of para-hydroxylation sites is 1. The molecule has 2 aromatic heterocycles. The lowest BCUT2D eigenvalue weighted by atomic mass is 9.66. The van der Waals surface area contributed by atoms with E-state index in [1.54, 1.807) is 0 Å². The van der Waals surface area contributed by atoms with Crippen molar-refractivity contribution in [2.24, 2.45) is 0 Å². The molecule has 0 saturated carbocycles. The topological polar surface area (TPSA) is 43.6 Å². The van der Waals surface area contributed by atoms with E-state index in [4.69, 9.17) is 15.0 Å². The molecule has 0 bridgehead atoms. The minimum Gasteiger partial charge on any atom is -0.278 e. The van der Waals surface area contributed by atoms with E-state index in [0.717, 1.165) is 39.4 Å². The van der Waals surface area contributed by atoms with Crippen LogP contribution in [0.4, 0.5) is 0 Å². The summed E-state index contributed by atoms with van der Waals surface area (Å²) in [6, 6.07) is 68.5. The Morgan fingerprint density at radius 2 is 0.863 bits per heavy atom. The molecule has 7 aromatic carbocycles. The van der Waals surface area contributed by atoms with E-state index in [1.807, 2.05) is 60.7 Å². The molecule has 0 N–H and O–H groups in total. The SMILES string of the molecule is c1ccc(CC(c2ccccc2)(c2ccccc2)c2ccc3c(c2)c2ccccc2n3-c2nc(-c3ccccc3)nc(-c3ccccc3)n2)cc1. The van der Waals surface area contributed by atoms with Crippen LogP contribution in [0.1, 0.15) is 22.3 Å². The summed E-state index contributed by atoms with van der Waals surface area (Å²) in [4.78, 5) is 15.2. The van der Waals surface area contributed by atoms with Crippen LogP contribution in [0.25, 0.3) is 50.5 Å². The third-order valence-electron chi connectivity index (χ3n) is 9.90. The minimum atomic E-state index is -0.449. The van der Waals surface area contributed by atoms with Crippen LogP contribution < -0.4 is 0 Å². The van der Waals surface area contributed by atoms with Crippen molar-refractivity contribution in [1.29, 1.82) is 0 Å². The highest BCUT2D eigenvalue weighted by Crippen LogP contribution is 2.44. The van der Waals surface area contributed by atoms with E-state index in [0.29, 0.717) is 17.6 Å². The zero-order valence-electron chi connectivity index (χ0n) is 28.0. The molecule has 0 saturated heterocycles. The average Bonchev–Trinajstić information content (AvgIpc) is 3.55. The summed E-state index contributed by atoms with van der Waals surface area (Å²) in [7, 11) is 0. The highest BCUT2D eigenvalue weighted by atomic mass is 15.2. The summed E-state index contributed by atoms with van der Waals surface area (Å²) in [6.45, 7) is 0. The third-order valence-corrected chi connectivity index (χ3v) is 9.90. The first-order chi connectivity index (χ1) is 25.3. The van der Waals surface area contributed by atoms with Crippen molar-refractivity contribution in [2.45, 2.75) is 11.8 Å². The molecule has 9 rings (SSSR count). The van der Waals surface area contributed by atoms with Gasteiger partial charge in [-0.15, -0.1) is 0 Å². The zero-order valence-corrected chi connectivity index (χ0v) is 28.0. The van der Waals surface area contributed by atoms with Crippen LogP contribution >= 0.6 is 0 Å². The first-order valence-electron chi connectivity index (χ1n) is 17.3. The van der Waals surface area contributed by atoms with Crippen molar-refractivity contribution in [3.63, 3.8) is 0 Å². The summed E-state index contributed by atoms with van der Waals surface area (Å²) in [5.74, 6) is 1.86. The van der Waals surface area contributed by atoms with E-state index in [-0.39, 0.29) is 0 Å². The standard InChI is InChI=1S/C47H34N4/c1-6-18-34(19-7-1)33-47(37-24-12-4-13-25-37,38-26-14-5-15-27-38)39-30-31-43-41(32-39)40-28-16-17-29-42(40)51(43)46-49-44(35-20-8-2-9-21-35)48-45(50-46)36-22-10-3-11-23-36/h1-32H,33H2. The Morgan fingerprint density at radius 3 is 1.43 bits per heavy atom. The summed E-state index contributed by atoms with van der Waals surface area (Å²) >= 11 is 0. The minimum absolute atomic E-state index is 0.449. The maximum absolute atomic E-state index is 5.13. The van der Waals surface area contributed by atoms with E-state index >= 15 is 0 Å². The van der Waals surface area contributed by atoms with Gasteiger partial charge in [-0.05, 0) is 46.9 Å². The Morgan fingerprint density at radius 1 is 0.392 bits per heavy atom. The van der Waals surface area contributed by atoms with Crippen LogP contribution in [-0.2, 0) is 11.8 Å². The van der Waals surface area contributed by atoms with Gasteiger partial charge in [-0.2, -0.15) is 9.97 Å². The normalized spacial score (nSPS) is 11.6. The fourth-order valence-corrected chi connectivity index (χ4v) is 7.50.